The molecule has 2 amide bonds. The molecule has 0 aliphatic heterocycles. The van der Waals surface area contributed by atoms with Crippen molar-refractivity contribution in [2.45, 2.75) is 13.8 Å². The summed E-state index contributed by atoms with van der Waals surface area (Å²) in [7, 11) is 0. The van der Waals surface area contributed by atoms with Gasteiger partial charge in [-0.05, 0) is 18.1 Å². The lowest BCUT2D eigenvalue weighted by molar-refractivity contribution is -0.135. The second kappa shape index (κ2) is 8.97. The molecule has 116 valence electrons. The number of anilines is 1. The van der Waals surface area contributed by atoms with E-state index < -0.39 is 12.0 Å². The van der Waals surface area contributed by atoms with E-state index in [1.54, 1.807) is 30.3 Å². The van der Waals surface area contributed by atoms with Gasteiger partial charge in [-0.3, -0.25) is 9.69 Å². The van der Waals surface area contributed by atoms with Gasteiger partial charge < -0.3 is 15.2 Å². The summed E-state index contributed by atoms with van der Waals surface area (Å²) in [5.41, 5.74) is 0.542. The van der Waals surface area contributed by atoms with E-state index in [-0.39, 0.29) is 6.54 Å². The van der Waals surface area contributed by atoms with Crippen molar-refractivity contribution in [1.82, 2.24) is 5.32 Å². The summed E-state index contributed by atoms with van der Waals surface area (Å²) in [6.07, 6.45) is 0. The number of amides is 2. The molecule has 0 aliphatic carbocycles. The second-order valence-corrected chi connectivity index (χ2v) is 5.02. The summed E-state index contributed by atoms with van der Waals surface area (Å²) in [5, 5.41) is 11.6. The molecule has 0 radical (unpaired) electrons. The largest absolute Gasteiger partial charge is 0.480 e. The van der Waals surface area contributed by atoms with E-state index in [0.29, 0.717) is 31.4 Å². The summed E-state index contributed by atoms with van der Waals surface area (Å²) < 4.78 is 5.36. The summed E-state index contributed by atoms with van der Waals surface area (Å²) in [5.74, 6) is -0.626. The van der Waals surface area contributed by atoms with Crippen molar-refractivity contribution >= 4 is 17.7 Å². The van der Waals surface area contributed by atoms with Crippen LogP contribution < -0.4 is 10.2 Å². The highest BCUT2D eigenvalue weighted by Crippen LogP contribution is 2.12. The Kier molecular flexibility index (Phi) is 7.25. The third-order valence-electron chi connectivity index (χ3n) is 2.58. The van der Waals surface area contributed by atoms with Crippen molar-refractivity contribution in [3.8, 4) is 0 Å². The number of para-hydroxylation sites is 1. The van der Waals surface area contributed by atoms with Crippen LogP contribution in [0, 0.1) is 5.92 Å². The number of carboxylic acid groups (broad SMARTS) is 1. The molecule has 6 heteroatoms. The zero-order valence-corrected chi connectivity index (χ0v) is 12.4. The fourth-order valence-electron chi connectivity index (χ4n) is 1.67. The van der Waals surface area contributed by atoms with Crippen LogP contribution in [-0.2, 0) is 9.53 Å². The van der Waals surface area contributed by atoms with E-state index in [2.05, 4.69) is 5.32 Å². The van der Waals surface area contributed by atoms with Crippen LogP contribution in [0.5, 0.6) is 0 Å². The molecule has 0 saturated carbocycles. The SMILES string of the molecule is CC(C)COCCNC(=O)N(CC(=O)O)c1ccccc1. The molecule has 0 spiro atoms. The van der Waals surface area contributed by atoms with Crippen molar-refractivity contribution < 1.29 is 19.4 Å². The first-order valence-electron chi connectivity index (χ1n) is 6.90. The molecule has 6 nitrogen and oxygen atoms in total. The number of carboxylic acids is 1. The summed E-state index contributed by atoms with van der Waals surface area (Å²) in [6.45, 7) is 5.08. The van der Waals surface area contributed by atoms with Crippen LogP contribution in [0.2, 0.25) is 0 Å². The standard InChI is InChI=1S/C15H22N2O4/c1-12(2)11-21-9-8-16-15(20)17(10-14(18)19)13-6-4-3-5-7-13/h3-7,12H,8-11H2,1-2H3,(H,16,20)(H,18,19). The second-order valence-electron chi connectivity index (χ2n) is 5.02. The predicted octanol–water partition coefficient (Wildman–Crippen LogP) is 1.96. The maximum atomic E-state index is 12.1. The fourth-order valence-corrected chi connectivity index (χ4v) is 1.67. The van der Waals surface area contributed by atoms with Gasteiger partial charge in [-0.2, -0.15) is 0 Å². The van der Waals surface area contributed by atoms with Crippen LogP contribution in [0.3, 0.4) is 0 Å². The Morgan fingerprint density at radius 3 is 2.52 bits per heavy atom. The quantitative estimate of drug-likeness (QED) is 0.718. The van der Waals surface area contributed by atoms with Crippen molar-refractivity contribution in [2.24, 2.45) is 5.92 Å². The van der Waals surface area contributed by atoms with E-state index >= 15 is 0 Å². The third kappa shape index (κ3) is 6.76. The lowest BCUT2D eigenvalue weighted by atomic mass is 10.2. The van der Waals surface area contributed by atoms with Gasteiger partial charge in [0, 0.05) is 18.8 Å². The van der Waals surface area contributed by atoms with Crippen LogP contribution in [0.15, 0.2) is 30.3 Å². The molecule has 1 aromatic carbocycles. The topological polar surface area (TPSA) is 78.9 Å². The Labute approximate surface area is 124 Å². The van der Waals surface area contributed by atoms with Gasteiger partial charge in [-0.15, -0.1) is 0 Å². The summed E-state index contributed by atoms with van der Waals surface area (Å²) in [4.78, 5) is 24.1. The van der Waals surface area contributed by atoms with Gasteiger partial charge >= 0.3 is 12.0 Å². The molecule has 1 rings (SSSR count). The lowest BCUT2D eigenvalue weighted by Gasteiger charge is -2.21. The van der Waals surface area contributed by atoms with Crippen LogP contribution in [0.25, 0.3) is 0 Å². The molecule has 2 N–H and O–H groups in total. The van der Waals surface area contributed by atoms with Crippen LogP contribution in [-0.4, -0.2) is 43.4 Å². The van der Waals surface area contributed by atoms with Crippen LogP contribution in [0.4, 0.5) is 10.5 Å². The molecule has 0 aromatic heterocycles. The first kappa shape index (κ1) is 17.0. The normalized spacial score (nSPS) is 10.4. The molecular formula is C15H22N2O4. The van der Waals surface area contributed by atoms with Crippen molar-refractivity contribution in [1.29, 1.82) is 0 Å². The molecule has 0 aliphatic rings. The molecular weight excluding hydrogens is 272 g/mol. The molecule has 0 saturated heterocycles. The van der Waals surface area contributed by atoms with Gasteiger partial charge in [0.05, 0.1) is 6.61 Å². The number of hydrogen-bond donors (Lipinski definition) is 2. The van der Waals surface area contributed by atoms with E-state index in [1.165, 1.54) is 4.90 Å². The minimum absolute atomic E-state index is 0.342. The number of nitrogens with zero attached hydrogens (tertiary/aromatic N) is 1. The van der Waals surface area contributed by atoms with Crippen molar-refractivity contribution in [3.63, 3.8) is 0 Å². The number of ether oxygens (including phenoxy) is 1. The molecule has 0 heterocycles. The Bertz CT molecular complexity index is 448. The van der Waals surface area contributed by atoms with Gasteiger partial charge in [-0.1, -0.05) is 32.0 Å². The average Bonchev–Trinajstić information content (AvgIpc) is 2.44. The minimum Gasteiger partial charge on any atom is -0.480 e. The maximum absolute atomic E-state index is 12.1. The summed E-state index contributed by atoms with van der Waals surface area (Å²) >= 11 is 0. The first-order chi connectivity index (χ1) is 10.0. The number of urea groups is 1. The highest BCUT2D eigenvalue weighted by Gasteiger charge is 2.17. The number of nitrogens with one attached hydrogen (secondary N) is 1. The Morgan fingerprint density at radius 1 is 1.29 bits per heavy atom. The number of rotatable bonds is 8. The predicted molar refractivity (Wildman–Crippen MR) is 80.5 cm³/mol. The van der Waals surface area contributed by atoms with Crippen LogP contribution in [0.1, 0.15) is 13.8 Å². The molecule has 0 fully saturated rings. The summed E-state index contributed by atoms with van der Waals surface area (Å²) in [6, 6.07) is 8.25. The highest BCUT2D eigenvalue weighted by atomic mass is 16.5. The Hall–Kier alpha value is -2.08. The third-order valence-corrected chi connectivity index (χ3v) is 2.58. The lowest BCUT2D eigenvalue weighted by Crippen LogP contribution is -2.44. The van der Waals surface area contributed by atoms with Crippen molar-refractivity contribution in [2.75, 3.05) is 31.2 Å². The van der Waals surface area contributed by atoms with Crippen LogP contribution >= 0.6 is 0 Å². The fraction of sp³-hybridized carbons (Fsp3) is 0.467. The number of benzene rings is 1. The smallest absolute Gasteiger partial charge is 0.323 e. The molecule has 0 bridgehead atoms. The maximum Gasteiger partial charge on any atom is 0.323 e. The Morgan fingerprint density at radius 2 is 1.95 bits per heavy atom. The van der Waals surface area contributed by atoms with Crippen molar-refractivity contribution in [3.05, 3.63) is 30.3 Å². The van der Waals surface area contributed by atoms with Gasteiger partial charge in [-0.25, -0.2) is 4.79 Å². The van der Waals surface area contributed by atoms with Gasteiger partial charge in [0.2, 0.25) is 0 Å². The zero-order chi connectivity index (χ0) is 15.7. The average molecular weight is 294 g/mol. The van der Waals surface area contributed by atoms with E-state index in [1.807, 2.05) is 13.8 Å². The number of aliphatic carboxylic acids is 1. The highest BCUT2D eigenvalue weighted by molar-refractivity contribution is 5.96. The van der Waals surface area contributed by atoms with Gasteiger partial charge in [0.25, 0.3) is 0 Å². The number of carbonyl (C=O) groups excluding carboxylic acids is 1. The minimum atomic E-state index is -1.06. The van der Waals surface area contributed by atoms with E-state index in [9.17, 15) is 9.59 Å². The zero-order valence-electron chi connectivity index (χ0n) is 12.4. The van der Waals surface area contributed by atoms with Gasteiger partial charge in [0.15, 0.2) is 0 Å². The Balaban J connectivity index is 2.51. The van der Waals surface area contributed by atoms with Gasteiger partial charge in [0.1, 0.15) is 6.54 Å². The molecule has 21 heavy (non-hydrogen) atoms. The molecule has 0 atom stereocenters. The molecule has 1 aromatic rings. The van der Waals surface area contributed by atoms with E-state index in [0.717, 1.165) is 0 Å². The molecule has 0 unspecified atom stereocenters. The first-order valence-corrected chi connectivity index (χ1v) is 6.90. The monoisotopic (exact) mass is 294 g/mol. The number of hydrogen-bond acceptors (Lipinski definition) is 3. The van der Waals surface area contributed by atoms with E-state index in [4.69, 9.17) is 9.84 Å². The number of carbonyl (C=O) groups is 2.